The quantitative estimate of drug-likeness (QED) is 0.925. The highest BCUT2D eigenvalue weighted by Crippen LogP contribution is 2.16. The third-order valence-corrected chi connectivity index (χ3v) is 4.12. The van der Waals surface area contributed by atoms with Crippen LogP contribution in [0.3, 0.4) is 0 Å². The average Bonchev–Trinajstić information content (AvgIpc) is 2.84. The van der Waals surface area contributed by atoms with E-state index in [9.17, 15) is 9.59 Å². The van der Waals surface area contributed by atoms with Crippen molar-refractivity contribution in [1.29, 1.82) is 0 Å². The molecule has 3 rings (SSSR count). The summed E-state index contributed by atoms with van der Waals surface area (Å²) in [6.45, 7) is 3.37. The summed E-state index contributed by atoms with van der Waals surface area (Å²) in [6.07, 6.45) is 3.44. The molecule has 0 radical (unpaired) electrons. The molecule has 20 heavy (non-hydrogen) atoms. The minimum Gasteiger partial charge on any atom is -0.356 e. The molecule has 1 aliphatic heterocycles. The molecule has 4 nitrogen and oxygen atoms in total. The first-order valence-electron chi connectivity index (χ1n) is 7.03. The van der Waals surface area contributed by atoms with Crippen molar-refractivity contribution in [2.75, 3.05) is 6.54 Å². The van der Waals surface area contributed by atoms with Crippen LogP contribution in [0.25, 0.3) is 10.8 Å². The van der Waals surface area contributed by atoms with Crippen LogP contribution in [0.1, 0.15) is 18.4 Å². The van der Waals surface area contributed by atoms with E-state index in [1.165, 1.54) is 0 Å². The normalized spacial score (nSPS) is 18.4. The summed E-state index contributed by atoms with van der Waals surface area (Å²) in [5.74, 6) is 0.171. The Labute approximate surface area is 117 Å². The van der Waals surface area contributed by atoms with E-state index in [1.54, 1.807) is 4.57 Å². The largest absolute Gasteiger partial charge is 0.356 e. The molecule has 0 bridgehead atoms. The minimum atomic E-state index is 0.0320. The number of hydrogen-bond donors (Lipinski definition) is 1. The monoisotopic (exact) mass is 270 g/mol. The molecule has 1 N–H and O–H groups in total. The number of aromatic nitrogens is 1. The Morgan fingerprint density at radius 1 is 1.25 bits per heavy atom. The summed E-state index contributed by atoms with van der Waals surface area (Å²) in [6, 6.07) is 7.77. The van der Waals surface area contributed by atoms with E-state index in [-0.39, 0.29) is 17.4 Å². The van der Waals surface area contributed by atoms with Gasteiger partial charge in [0.05, 0.1) is 0 Å². The van der Waals surface area contributed by atoms with Gasteiger partial charge in [0, 0.05) is 30.6 Å². The molecule has 2 aromatic rings. The van der Waals surface area contributed by atoms with E-state index < -0.39 is 0 Å². The fourth-order valence-corrected chi connectivity index (χ4v) is 2.87. The van der Waals surface area contributed by atoms with Crippen molar-refractivity contribution in [1.82, 2.24) is 9.88 Å². The SMILES string of the molecule is Cc1cccc2c(=O)n(CCC3CCNC3=O)ccc12. The summed E-state index contributed by atoms with van der Waals surface area (Å²) < 4.78 is 1.72. The van der Waals surface area contributed by atoms with Crippen LogP contribution in [0, 0.1) is 12.8 Å². The van der Waals surface area contributed by atoms with Crippen LogP contribution in [0.2, 0.25) is 0 Å². The van der Waals surface area contributed by atoms with Gasteiger partial charge >= 0.3 is 0 Å². The van der Waals surface area contributed by atoms with Crippen LogP contribution in [0.15, 0.2) is 35.3 Å². The highest BCUT2D eigenvalue weighted by atomic mass is 16.2. The van der Waals surface area contributed by atoms with Crippen molar-refractivity contribution >= 4 is 16.7 Å². The van der Waals surface area contributed by atoms with Crippen molar-refractivity contribution in [3.05, 3.63) is 46.4 Å². The second-order valence-electron chi connectivity index (χ2n) is 5.42. The van der Waals surface area contributed by atoms with Crippen LogP contribution < -0.4 is 10.9 Å². The van der Waals surface area contributed by atoms with Gasteiger partial charge < -0.3 is 9.88 Å². The molecule has 0 aliphatic carbocycles. The predicted molar refractivity (Wildman–Crippen MR) is 78.7 cm³/mol. The first-order chi connectivity index (χ1) is 9.66. The number of nitrogens with one attached hydrogen (secondary N) is 1. The third-order valence-electron chi connectivity index (χ3n) is 4.12. The molecule has 104 valence electrons. The third kappa shape index (κ3) is 2.22. The predicted octanol–water partition coefficient (Wildman–Crippen LogP) is 1.84. The lowest BCUT2D eigenvalue weighted by Crippen LogP contribution is -2.24. The number of rotatable bonds is 3. The second kappa shape index (κ2) is 5.12. The van der Waals surface area contributed by atoms with Crippen molar-refractivity contribution in [3.63, 3.8) is 0 Å². The molecule has 1 aliphatic rings. The molecule has 1 amide bonds. The zero-order valence-electron chi connectivity index (χ0n) is 11.6. The van der Waals surface area contributed by atoms with Gasteiger partial charge in [0.25, 0.3) is 5.56 Å². The molecule has 1 atom stereocenters. The number of amides is 1. The van der Waals surface area contributed by atoms with Crippen molar-refractivity contribution in [2.24, 2.45) is 5.92 Å². The number of pyridine rings is 1. The smallest absolute Gasteiger partial charge is 0.258 e. The summed E-state index contributed by atoms with van der Waals surface area (Å²) in [7, 11) is 0. The van der Waals surface area contributed by atoms with Crippen LogP contribution >= 0.6 is 0 Å². The standard InChI is InChI=1S/C16H18N2O2/c1-11-3-2-4-14-13(11)7-10-18(16(14)20)9-6-12-5-8-17-15(12)19/h2-4,7,10,12H,5-6,8-9H2,1H3,(H,17,19). The van der Waals surface area contributed by atoms with E-state index in [0.717, 1.165) is 35.7 Å². The number of nitrogens with zero attached hydrogens (tertiary/aromatic N) is 1. The highest BCUT2D eigenvalue weighted by Gasteiger charge is 2.23. The lowest BCUT2D eigenvalue weighted by atomic mass is 10.0. The number of carbonyl (C=O) groups excluding carboxylic acids is 1. The maximum atomic E-state index is 12.4. The number of benzene rings is 1. The zero-order valence-corrected chi connectivity index (χ0v) is 11.6. The van der Waals surface area contributed by atoms with Crippen LogP contribution in [-0.4, -0.2) is 17.0 Å². The van der Waals surface area contributed by atoms with Gasteiger partial charge in [-0.3, -0.25) is 9.59 Å². The Bertz CT molecular complexity index is 718. The Kier molecular flexibility index (Phi) is 3.30. The van der Waals surface area contributed by atoms with Crippen LogP contribution in [-0.2, 0) is 11.3 Å². The lowest BCUT2D eigenvalue weighted by Gasteiger charge is -2.10. The van der Waals surface area contributed by atoms with Crippen molar-refractivity contribution < 1.29 is 4.79 Å². The summed E-state index contributed by atoms with van der Waals surface area (Å²) in [4.78, 5) is 24.0. The molecule has 2 heterocycles. The Morgan fingerprint density at radius 3 is 2.85 bits per heavy atom. The van der Waals surface area contributed by atoms with Gasteiger partial charge in [0.15, 0.2) is 0 Å². The lowest BCUT2D eigenvalue weighted by molar-refractivity contribution is -0.122. The molecule has 1 aromatic carbocycles. The number of fused-ring (bicyclic) bond motifs is 1. The molecular weight excluding hydrogens is 252 g/mol. The fraction of sp³-hybridized carbons (Fsp3) is 0.375. The zero-order chi connectivity index (χ0) is 14.1. The summed E-state index contributed by atoms with van der Waals surface area (Å²) >= 11 is 0. The van der Waals surface area contributed by atoms with Gasteiger partial charge in [-0.15, -0.1) is 0 Å². The Hall–Kier alpha value is -2.10. The molecule has 1 aromatic heterocycles. The average molecular weight is 270 g/mol. The number of hydrogen-bond acceptors (Lipinski definition) is 2. The van der Waals surface area contributed by atoms with Gasteiger partial charge in [-0.1, -0.05) is 12.1 Å². The van der Waals surface area contributed by atoms with E-state index in [1.807, 2.05) is 37.4 Å². The maximum absolute atomic E-state index is 12.4. The van der Waals surface area contributed by atoms with Crippen molar-refractivity contribution in [3.8, 4) is 0 Å². The minimum absolute atomic E-state index is 0.0320. The first-order valence-corrected chi connectivity index (χ1v) is 7.03. The van der Waals surface area contributed by atoms with Crippen LogP contribution in [0.5, 0.6) is 0 Å². The van der Waals surface area contributed by atoms with Crippen LogP contribution in [0.4, 0.5) is 0 Å². The van der Waals surface area contributed by atoms with E-state index in [0.29, 0.717) is 6.54 Å². The molecule has 1 fully saturated rings. The molecule has 1 unspecified atom stereocenters. The molecule has 0 saturated carbocycles. The molecule has 1 saturated heterocycles. The molecule has 0 spiro atoms. The van der Waals surface area contributed by atoms with Gasteiger partial charge in [0.2, 0.25) is 5.91 Å². The van der Waals surface area contributed by atoms with Gasteiger partial charge in [-0.2, -0.15) is 0 Å². The first kappa shape index (κ1) is 12.9. The Balaban J connectivity index is 1.87. The topological polar surface area (TPSA) is 51.1 Å². The number of aryl methyl sites for hydroxylation is 2. The molecule has 4 heteroatoms. The van der Waals surface area contributed by atoms with Gasteiger partial charge in [-0.25, -0.2) is 0 Å². The fourth-order valence-electron chi connectivity index (χ4n) is 2.87. The highest BCUT2D eigenvalue weighted by molar-refractivity contribution is 5.84. The second-order valence-corrected chi connectivity index (χ2v) is 5.42. The summed E-state index contributed by atoms with van der Waals surface area (Å²) in [5, 5.41) is 4.59. The van der Waals surface area contributed by atoms with Gasteiger partial charge in [-0.05, 0) is 42.8 Å². The maximum Gasteiger partial charge on any atom is 0.258 e. The van der Waals surface area contributed by atoms with Crippen molar-refractivity contribution in [2.45, 2.75) is 26.3 Å². The summed E-state index contributed by atoms with van der Waals surface area (Å²) in [5.41, 5.74) is 1.14. The Morgan fingerprint density at radius 2 is 2.10 bits per heavy atom. The van der Waals surface area contributed by atoms with E-state index >= 15 is 0 Å². The van der Waals surface area contributed by atoms with E-state index in [4.69, 9.17) is 0 Å². The van der Waals surface area contributed by atoms with E-state index in [2.05, 4.69) is 5.32 Å². The molecular formula is C16H18N2O2. The number of carbonyl (C=O) groups is 1. The van der Waals surface area contributed by atoms with Gasteiger partial charge in [0.1, 0.15) is 0 Å².